The summed E-state index contributed by atoms with van der Waals surface area (Å²) >= 11 is 0. The first-order chi connectivity index (χ1) is 10.1. The molecule has 2 atom stereocenters. The Morgan fingerprint density at radius 2 is 2.05 bits per heavy atom. The molecule has 2 rings (SSSR count). The highest BCUT2D eigenvalue weighted by Crippen LogP contribution is 2.35. The van der Waals surface area contributed by atoms with Crippen LogP contribution >= 0.6 is 0 Å². The van der Waals surface area contributed by atoms with E-state index in [1.807, 2.05) is 12.1 Å². The van der Waals surface area contributed by atoms with Crippen LogP contribution in [0.3, 0.4) is 0 Å². The molecule has 5 heteroatoms. The van der Waals surface area contributed by atoms with E-state index in [1.54, 1.807) is 6.07 Å². The zero-order valence-corrected chi connectivity index (χ0v) is 13.0. The van der Waals surface area contributed by atoms with Crippen molar-refractivity contribution in [2.24, 2.45) is 5.92 Å². The number of rotatable bonds is 8. The van der Waals surface area contributed by atoms with Crippen LogP contribution in [-0.2, 0) is 0 Å². The Labute approximate surface area is 126 Å². The minimum atomic E-state index is -0.539. The molecule has 0 fully saturated rings. The molecule has 1 aliphatic rings. The predicted molar refractivity (Wildman–Crippen MR) is 81.0 cm³/mol. The minimum absolute atomic E-state index is 0.249. The fraction of sp³-hybridized carbons (Fsp3) is 0.625. The van der Waals surface area contributed by atoms with Crippen molar-refractivity contribution in [2.75, 3.05) is 19.9 Å². The van der Waals surface area contributed by atoms with Gasteiger partial charge in [0.25, 0.3) is 0 Å². The van der Waals surface area contributed by atoms with E-state index >= 15 is 0 Å². The van der Waals surface area contributed by atoms with E-state index in [0.717, 1.165) is 12.2 Å². The first-order valence-electron chi connectivity index (χ1n) is 7.54. The molecule has 0 aromatic heterocycles. The van der Waals surface area contributed by atoms with Gasteiger partial charge in [-0.25, -0.2) is 0 Å². The van der Waals surface area contributed by atoms with E-state index in [-0.39, 0.29) is 13.4 Å². The van der Waals surface area contributed by atoms with E-state index in [9.17, 15) is 5.11 Å². The molecular weight excluding hydrogens is 270 g/mol. The number of aliphatic hydroxyl groups is 1. The summed E-state index contributed by atoms with van der Waals surface area (Å²) in [6, 6.07) is 5.83. The van der Waals surface area contributed by atoms with Gasteiger partial charge in [-0.3, -0.25) is 0 Å². The van der Waals surface area contributed by atoms with Gasteiger partial charge in [0, 0.05) is 18.7 Å². The Balaban J connectivity index is 1.75. The monoisotopic (exact) mass is 295 g/mol. The molecule has 1 aromatic carbocycles. The predicted octanol–water partition coefficient (Wildman–Crippen LogP) is 2.18. The van der Waals surface area contributed by atoms with E-state index < -0.39 is 6.10 Å². The van der Waals surface area contributed by atoms with Crippen LogP contribution in [-0.4, -0.2) is 37.2 Å². The SMILES string of the molecule is CCC(NCC(O)COc1ccc2c(c1)OCO2)C(C)C. The van der Waals surface area contributed by atoms with Crippen LogP contribution in [0.5, 0.6) is 17.2 Å². The van der Waals surface area contributed by atoms with Crippen LogP contribution in [0.1, 0.15) is 27.2 Å². The van der Waals surface area contributed by atoms with Crippen molar-refractivity contribution in [3.05, 3.63) is 18.2 Å². The molecule has 0 spiro atoms. The van der Waals surface area contributed by atoms with Crippen LogP contribution in [0.15, 0.2) is 18.2 Å². The molecule has 0 saturated carbocycles. The highest BCUT2D eigenvalue weighted by molar-refractivity contribution is 5.46. The Kier molecular flexibility index (Phi) is 5.70. The summed E-state index contributed by atoms with van der Waals surface area (Å²) in [7, 11) is 0. The Bertz CT molecular complexity index is 450. The van der Waals surface area contributed by atoms with E-state index in [0.29, 0.717) is 30.0 Å². The number of fused-ring (bicyclic) bond motifs is 1. The van der Waals surface area contributed by atoms with E-state index in [2.05, 4.69) is 26.1 Å². The summed E-state index contributed by atoms with van der Waals surface area (Å²) in [5, 5.41) is 13.4. The number of hydrogen-bond donors (Lipinski definition) is 2. The van der Waals surface area contributed by atoms with E-state index in [4.69, 9.17) is 14.2 Å². The molecule has 0 saturated heterocycles. The fourth-order valence-electron chi connectivity index (χ4n) is 2.36. The Morgan fingerprint density at radius 3 is 2.76 bits per heavy atom. The molecule has 118 valence electrons. The summed E-state index contributed by atoms with van der Waals surface area (Å²) in [6.07, 6.45) is 0.510. The molecule has 0 radical (unpaired) electrons. The molecule has 2 N–H and O–H groups in total. The summed E-state index contributed by atoms with van der Waals surface area (Å²) in [4.78, 5) is 0. The number of aliphatic hydroxyl groups excluding tert-OH is 1. The summed E-state index contributed by atoms with van der Waals surface area (Å²) in [5.74, 6) is 2.64. The van der Waals surface area contributed by atoms with Crippen molar-refractivity contribution < 1.29 is 19.3 Å². The number of ether oxygens (including phenoxy) is 3. The van der Waals surface area contributed by atoms with Gasteiger partial charge < -0.3 is 24.6 Å². The zero-order valence-electron chi connectivity index (χ0n) is 13.0. The molecule has 21 heavy (non-hydrogen) atoms. The van der Waals surface area contributed by atoms with Crippen molar-refractivity contribution in [1.82, 2.24) is 5.32 Å². The third-order valence-electron chi connectivity index (χ3n) is 3.65. The maximum absolute atomic E-state index is 9.99. The molecule has 0 aliphatic carbocycles. The second kappa shape index (κ2) is 7.52. The largest absolute Gasteiger partial charge is 0.491 e. The number of benzene rings is 1. The maximum atomic E-state index is 9.99. The van der Waals surface area contributed by atoms with Crippen LogP contribution in [0, 0.1) is 5.92 Å². The van der Waals surface area contributed by atoms with Crippen molar-refractivity contribution in [2.45, 2.75) is 39.3 Å². The third kappa shape index (κ3) is 4.51. The quantitative estimate of drug-likeness (QED) is 0.770. The van der Waals surface area contributed by atoms with Gasteiger partial charge in [0.15, 0.2) is 11.5 Å². The van der Waals surface area contributed by atoms with E-state index in [1.165, 1.54) is 0 Å². The summed E-state index contributed by atoms with van der Waals surface area (Å²) in [5.41, 5.74) is 0. The van der Waals surface area contributed by atoms with Crippen LogP contribution in [0.4, 0.5) is 0 Å². The second-order valence-electron chi connectivity index (χ2n) is 5.65. The van der Waals surface area contributed by atoms with Crippen molar-refractivity contribution in [3.8, 4) is 17.2 Å². The lowest BCUT2D eigenvalue weighted by molar-refractivity contribution is 0.101. The van der Waals surface area contributed by atoms with Gasteiger partial charge in [0.1, 0.15) is 18.5 Å². The number of nitrogens with one attached hydrogen (secondary N) is 1. The van der Waals surface area contributed by atoms with Gasteiger partial charge in [-0.15, -0.1) is 0 Å². The topological polar surface area (TPSA) is 60.0 Å². The van der Waals surface area contributed by atoms with Gasteiger partial charge >= 0.3 is 0 Å². The first kappa shape index (κ1) is 15.9. The van der Waals surface area contributed by atoms with Crippen LogP contribution < -0.4 is 19.5 Å². The normalized spacial score (nSPS) is 16.0. The summed E-state index contributed by atoms with van der Waals surface area (Å²) in [6.45, 7) is 7.53. The molecule has 0 amide bonds. The van der Waals surface area contributed by atoms with Crippen molar-refractivity contribution >= 4 is 0 Å². The Hall–Kier alpha value is -1.46. The highest BCUT2D eigenvalue weighted by Gasteiger charge is 2.15. The lowest BCUT2D eigenvalue weighted by atomic mass is 10.0. The maximum Gasteiger partial charge on any atom is 0.231 e. The molecule has 5 nitrogen and oxygen atoms in total. The highest BCUT2D eigenvalue weighted by atomic mass is 16.7. The zero-order chi connectivity index (χ0) is 15.2. The standard InChI is InChI=1S/C16H25NO4/c1-4-14(11(2)3)17-8-12(18)9-19-13-5-6-15-16(7-13)21-10-20-15/h5-7,11-12,14,17-18H,4,8-10H2,1-3H3. The lowest BCUT2D eigenvalue weighted by Gasteiger charge is -2.22. The molecule has 2 unspecified atom stereocenters. The average Bonchev–Trinajstić information content (AvgIpc) is 2.92. The molecule has 0 bridgehead atoms. The average molecular weight is 295 g/mol. The van der Waals surface area contributed by atoms with Crippen LogP contribution in [0.2, 0.25) is 0 Å². The molecular formula is C16H25NO4. The Morgan fingerprint density at radius 1 is 1.29 bits per heavy atom. The smallest absolute Gasteiger partial charge is 0.231 e. The second-order valence-corrected chi connectivity index (χ2v) is 5.65. The van der Waals surface area contributed by atoms with Gasteiger partial charge in [0.05, 0.1) is 0 Å². The molecule has 1 aromatic rings. The van der Waals surface area contributed by atoms with Crippen molar-refractivity contribution in [3.63, 3.8) is 0 Å². The van der Waals surface area contributed by atoms with Gasteiger partial charge in [-0.05, 0) is 24.5 Å². The van der Waals surface area contributed by atoms with Gasteiger partial charge in [0.2, 0.25) is 6.79 Å². The fourth-order valence-corrected chi connectivity index (χ4v) is 2.36. The summed E-state index contributed by atoms with van der Waals surface area (Å²) < 4.78 is 16.1. The van der Waals surface area contributed by atoms with Crippen molar-refractivity contribution in [1.29, 1.82) is 0 Å². The third-order valence-corrected chi connectivity index (χ3v) is 3.65. The number of hydrogen-bond acceptors (Lipinski definition) is 5. The lowest BCUT2D eigenvalue weighted by Crippen LogP contribution is -2.40. The van der Waals surface area contributed by atoms with Gasteiger partial charge in [-0.2, -0.15) is 0 Å². The molecule has 1 aliphatic heterocycles. The van der Waals surface area contributed by atoms with Gasteiger partial charge in [-0.1, -0.05) is 20.8 Å². The van der Waals surface area contributed by atoms with Crippen LogP contribution in [0.25, 0.3) is 0 Å². The minimum Gasteiger partial charge on any atom is -0.491 e. The first-order valence-corrected chi connectivity index (χ1v) is 7.54. The molecule has 1 heterocycles.